The first-order chi connectivity index (χ1) is 9.51. The van der Waals surface area contributed by atoms with Crippen molar-refractivity contribution in [2.24, 2.45) is 0 Å². The molecule has 20 heavy (non-hydrogen) atoms. The van der Waals surface area contributed by atoms with Crippen LogP contribution in [0.5, 0.6) is 5.75 Å². The highest BCUT2D eigenvalue weighted by Crippen LogP contribution is 2.28. The fourth-order valence-corrected chi connectivity index (χ4v) is 3.56. The van der Waals surface area contributed by atoms with E-state index in [1.165, 1.54) is 20.9 Å². The third-order valence-corrected chi connectivity index (χ3v) is 4.64. The summed E-state index contributed by atoms with van der Waals surface area (Å²) < 4.78 is 5.20. The molecule has 0 spiro atoms. The van der Waals surface area contributed by atoms with E-state index in [4.69, 9.17) is 4.74 Å². The van der Waals surface area contributed by atoms with Crippen LogP contribution in [0.1, 0.15) is 46.8 Å². The Bertz CT molecular complexity index is 559. The molecule has 1 N–H and O–H groups in total. The summed E-state index contributed by atoms with van der Waals surface area (Å²) in [5.74, 6) is 0.901. The van der Waals surface area contributed by atoms with E-state index in [0.29, 0.717) is 12.1 Å². The smallest absolute Gasteiger partial charge is 0.118 e. The van der Waals surface area contributed by atoms with Crippen molar-refractivity contribution in [3.63, 3.8) is 0 Å². The molecule has 0 amide bonds. The van der Waals surface area contributed by atoms with Crippen LogP contribution in [0.15, 0.2) is 30.3 Å². The predicted octanol–water partition coefficient (Wildman–Crippen LogP) is 4.79. The van der Waals surface area contributed by atoms with Crippen LogP contribution in [-0.2, 0) is 0 Å². The van der Waals surface area contributed by atoms with Gasteiger partial charge in [-0.3, -0.25) is 0 Å². The maximum atomic E-state index is 5.20. The van der Waals surface area contributed by atoms with E-state index in [1.807, 2.05) is 23.5 Å². The summed E-state index contributed by atoms with van der Waals surface area (Å²) in [6.45, 7) is 8.80. The summed E-state index contributed by atoms with van der Waals surface area (Å²) >= 11 is 1.87. The molecule has 0 bridgehead atoms. The second-order valence-electron chi connectivity index (χ2n) is 5.25. The van der Waals surface area contributed by atoms with Crippen molar-refractivity contribution < 1.29 is 4.74 Å². The number of hydrogen-bond donors (Lipinski definition) is 1. The van der Waals surface area contributed by atoms with E-state index < -0.39 is 0 Å². The minimum Gasteiger partial charge on any atom is -0.497 e. The Morgan fingerprint density at radius 3 is 2.20 bits per heavy atom. The van der Waals surface area contributed by atoms with Gasteiger partial charge < -0.3 is 10.1 Å². The zero-order valence-corrected chi connectivity index (χ0v) is 13.7. The zero-order chi connectivity index (χ0) is 14.7. The average Bonchev–Trinajstić information content (AvgIpc) is 2.78. The van der Waals surface area contributed by atoms with Gasteiger partial charge in [-0.05, 0) is 57.0 Å². The van der Waals surface area contributed by atoms with Crippen LogP contribution in [0.25, 0.3) is 0 Å². The van der Waals surface area contributed by atoms with E-state index >= 15 is 0 Å². The molecule has 0 aliphatic heterocycles. The van der Waals surface area contributed by atoms with E-state index in [2.05, 4.69) is 51.2 Å². The minimum atomic E-state index is 0.315. The molecule has 3 heteroatoms. The normalized spacial score (nSPS) is 14.1. The Morgan fingerprint density at radius 2 is 1.70 bits per heavy atom. The van der Waals surface area contributed by atoms with Gasteiger partial charge in [0, 0.05) is 21.8 Å². The fourth-order valence-electron chi connectivity index (χ4n) is 2.53. The van der Waals surface area contributed by atoms with Gasteiger partial charge in [-0.2, -0.15) is 0 Å². The Hall–Kier alpha value is -1.32. The van der Waals surface area contributed by atoms with Gasteiger partial charge in [0.1, 0.15) is 5.75 Å². The lowest BCUT2D eigenvalue weighted by Gasteiger charge is -2.21. The topological polar surface area (TPSA) is 21.3 Å². The molecule has 1 unspecified atom stereocenters. The molecule has 0 aliphatic rings. The van der Waals surface area contributed by atoms with Gasteiger partial charge in [0.15, 0.2) is 0 Å². The standard InChI is InChI=1S/C17H23NOS/c1-11-10-17(14(4)20-11)13(3)18-12(2)15-6-8-16(19-5)9-7-15/h6-10,12-13,18H,1-5H3/t12-,13?/m1/s1. The maximum Gasteiger partial charge on any atom is 0.118 e. The number of thiophene rings is 1. The van der Waals surface area contributed by atoms with Crippen molar-refractivity contribution in [2.75, 3.05) is 7.11 Å². The van der Waals surface area contributed by atoms with E-state index in [-0.39, 0.29) is 0 Å². The summed E-state index contributed by atoms with van der Waals surface area (Å²) in [5.41, 5.74) is 2.69. The first-order valence-electron chi connectivity index (χ1n) is 6.98. The monoisotopic (exact) mass is 289 g/mol. The summed E-state index contributed by atoms with van der Waals surface area (Å²) in [5, 5.41) is 3.67. The lowest BCUT2D eigenvalue weighted by molar-refractivity contribution is 0.414. The van der Waals surface area contributed by atoms with Crippen molar-refractivity contribution in [1.82, 2.24) is 5.32 Å². The SMILES string of the molecule is COc1ccc([C@@H](C)NC(C)c2cc(C)sc2C)cc1. The Kier molecular flexibility index (Phi) is 4.84. The van der Waals surface area contributed by atoms with Crippen LogP contribution in [0.4, 0.5) is 0 Å². The van der Waals surface area contributed by atoms with E-state index in [0.717, 1.165) is 5.75 Å². The van der Waals surface area contributed by atoms with E-state index in [9.17, 15) is 0 Å². The number of rotatable bonds is 5. The quantitative estimate of drug-likeness (QED) is 0.855. The predicted molar refractivity (Wildman–Crippen MR) is 86.8 cm³/mol. The lowest BCUT2D eigenvalue weighted by atomic mass is 10.0. The molecule has 1 aromatic heterocycles. The van der Waals surface area contributed by atoms with Crippen LogP contribution in [0.2, 0.25) is 0 Å². The van der Waals surface area contributed by atoms with Gasteiger partial charge in [-0.15, -0.1) is 11.3 Å². The molecule has 0 saturated heterocycles. The van der Waals surface area contributed by atoms with Crippen molar-refractivity contribution in [1.29, 1.82) is 0 Å². The molecule has 2 rings (SSSR count). The van der Waals surface area contributed by atoms with Crippen LogP contribution in [0, 0.1) is 13.8 Å². The zero-order valence-electron chi connectivity index (χ0n) is 12.9. The van der Waals surface area contributed by atoms with Gasteiger partial charge >= 0.3 is 0 Å². The third kappa shape index (κ3) is 3.41. The molecule has 0 fully saturated rings. The molecule has 0 radical (unpaired) electrons. The van der Waals surface area contributed by atoms with Gasteiger partial charge in [0.05, 0.1) is 7.11 Å². The number of nitrogens with one attached hydrogen (secondary N) is 1. The van der Waals surface area contributed by atoms with Gasteiger partial charge in [-0.1, -0.05) is 12.1 Å². The largest absolute Gasteiger partial charge is 0.497 e. The number of ether oxygens (including phenoxy) is 1. The Labute approximate surface area is 125 Å². The first kappa shape index (κ1) is 15.1. The molecule has 2 nitrogen and oxygen atoms in total. The van der Waals surface area contributed by atoms with Crippen LogP contribution in [-0.4, -0.2) is 7.11 Å². The number of methoxy groups -OCH3 is 1. The second-order valence-corrected chi connectivity index (χ2v) is 6.71. The molecule has 108 valence electrons. The van der Waals surface area contributed by atoms with Gasteiger partial charge in [0.2, 0.25) is 0 Å². The number of benzene rings is 1. The summed E-state index contributed by atoms with van der Waals surface area (Å²) in [6.07, 6.45) is 0. The van der Waals surface area contributed by atoms with Crippen LogP contribution >= 0.6 is 11.3 Å². The van der Waals surface area contributed by atoms with Crippen LogP contribution < -0.4 is 10.1 Å². The first-order valence-corrected chi connectivity index (χ1v) is 7.80. The highest BCUT2D eigenvalue weighted by Gasteiger charge is 2.14. The fraction of sp³-hybridized carbons (Fsp3) is 0.412. The molecular formula is C17H23NOS. The molecular weight excluding hydrogens is 266 g/mol. The summed E-state index contributed by atoms with van der Waals surface area (Å²) in [4.78, 5) is 2.78. The minimum absolute atomic E-state index is 0.315. The summed E-state index contributed by atoms with van der Waals surface area (Å²) in [7, 11) is 1.69. The van der Waals surface area contributed by atoms with Crippen LogP contribution in [0.3, 0.4) is 0 Å². The molecule has 1 aromatic carbocycles. The number of aryl methyl sites for hydroxylation is 2. The Morgan fingerprint density at radius 1 is 1.05 bits per heavy atom. The third-order valence-electron chi connectivity index (χ3n) is 3.66. The van der Waals surface area contributed by atoms with Crippen molar-refractivity contribution >= 4 is 11.3 Å². The molecule has 2 aromatic rings. The highest BCUT2D eigenvalue weighted by molar-refractivity contribution is 7.12. The van der Waals surface area contributed by atoms with Crippen molar-refractivity contribution in [3.05, 3.63) is 51.2 Å². The van der Waals surface area contributed by atoms with Gasteiger partial charge in [0.25, 0.3) is 0 Å². The maximum absolute atomic E-state index is 5.20. The summed E-state index contributed by atoms with van der Waals surface area (Å²) in [6, 6.07) is 11.2. The molecule has 2 atom stereocenters. The van der Waals surface area contributed by atoms with E-state index in [1.54, 1.807) is 7.11 Å². The number of hydrogen-bond acceptors (Lipinski definition) is 3. The molecule has 1 heterocycles. The van der Waals surface area contributed by atoms with Crippen molar-refractivity contribution in [3.8, 4) is 5.75 Å². The molecule has 0 aliphatic carbocycles. The van der Waals surface area contributed by atoms with Crippen molar-refractivity contribution in [2.45, 2.75) is 39.8 Å². The second kappa shape index (κ2) is 6.42. The molecule has 0 saturated carbocycles. The lowest BCUT2D eigenvalue weighted by Crippen LogP contribution is -2.22. The average molecular weight is 289 g/mol. The Balaban J connectivity index is 2.06. The highest BCUT2D eigenvalue weighted by atomic mass is 32.1. The van der Waals surface area contributed by atoms with Gasteiger partial charge in [-0.25, -0.2) is 0 Å².